The van der Waals surface area contributed by atoms with E-state index in [1.165, 1.54) is 9.91 Å². The van der Waals surface area contributed by atoms with Gasteiger partial charge in [-0.3, -0.25) is 14.6 Å². The van der Waals surface area contributed by atoms with Crippen molar-refractivity contribution >= 4 is 17.5 Å². The predicted molar refractivity (Wildman–Crippen MR) is 111 cm³/mol. The van der Waals surface area contributed by atoms with Gasteiger partial charge >= 0.3 is 0 Å². The van der Waals surface area contributed by atoms with Crippen molar-refractivity contribution < 1.29 is 14.1 Å². The lowest BCUT2D eigenvalue weighted by atomic mass is 10.1. The highest BCUT2D eigenvalue weighted by molar-refractivity contribution is 6.25. The Labute approximate surface area is 178 Å². The van der Waals surface area contributed by atoms with Crippen LogP contribution in [0.3, 0.4) is 0 Å². The monoisotopic (exact) mass is 416 g/mol. The smallest absolute Gasteiger partial charge is 0.263 e. The van der Waals surface area contributed by atoms with Gasteiger partial charge in [-0.05, 0) is 44.0 Å². The second-order valence-corrected chi connectivity index (χ2v) is 7.85. The van der Waals surface area contributed by atoms with E-state index in [4.69, 9.17) is 4.52 Å². The minimum absolute atomic E-state index is 0.0866. The van der Waals surface area contributed by atoms with Crippen LogP contribution in [0.1, 0.15) is 22.6 Å². The van der Waals surface area contributed by atoms with E-state index in [1.807, 2.05) is 57.2 Å². The number of hydrogen-bond acceptors (Lipinski definition) is 8. The summed E-state index contributed by atoms with van der Waals surface area (Å²) in [4.78, 5) is 31.6. The summed E-state index contributed by atoms with van der Waals surface area (Å²) in [6, 6.07) is 11.6. The zero-order valence-corrected chi connectivity index (χ0v) is 17.3. The van der Waals surface area contributed by atoms with Crippen LogP contribution >= 0.6 is 0 Å². The van der Waals surface area contributed by atoms with Crippen molar-refractivity contribution in [2.75, 3.05) is 4.90 Å². The molecule has 156 valence electrons. The topological polar surface area (TPSA) is 104 Å². The van der Waals surface area contributed by atoms with E-state index < -0.39 is 12.1 Å². The number of carbonyl (C=O) groups is 2. The maximum Gasteiger partial charge on any atom is 0.263 e. The van der Waals surface area contributed by atoms with E-state index in [0.717, 1.165) is 22.3 Å². The minimum atomic E-state index is -0.867. The fourth-order valence-electron chi connectivity index (χ4n) is 3.75. The standard InChI is InChI=1S/C22H20N6O3/c1-12-4-7-15(8-5-12)20-23-17(31-25-20)11-27-19-18(24-26-27)21(29)28(22(19)30)16-9-6-13(2)14(3)10-16/h4-10,18-19H,11H2,1-3H3/t18-,19-/m0/s1. The number of fused-ring (bicyclic) bond motifs is 1. The number of anilines is 1. The van der Waals surface area contributed by atoms with E-state index in [-0.39, 0.29) is 18.4 Å². The van der Waals surface area contributed by atoms with Gasteiger partial charge in [0.2, 0.25) is 11.7 Å². The molecule has 3 aromatic rings. The van der Waals surface area contributed by atoms with Crippen molar-refractivity contribution in [3.63, 3.8) is 0 Å². The first-order chi connectivity index (χ1) is 14.9. The Balaban J connectivity index is 1.36. The van der Waals surface area contributed by atoms with Crippen LogP contribution in [0.15, 0.2) is 57.3 Å². The van der Waals surface area contributed by atoms with E-state index >= 15 is 0 Å². The Morgan fingerprint density at radius 2 is 1.74 bits per heavy atom. The number of nitrogens with zero attached hydrogens (tertiary/aromatic N) is 6. The molecule has 0 bridgehead atoms. The van der Waals surface area contributed by atoms with Crippen molar-refractivity contribution in [2.45, 2.75) is 39.4 Å². The summed E-state index contributed by atoms with van der Waals surface area (Å²) < 4.78 is 5.35. The van der Waals surface area contributed by atoms with Gasteiger partial charge in [-0.2, -0.15) is 10.1 Å². The van der Waals surface area contributed by atoms with E-state index in [0.29, 0.717) is 17.4 Å². The SMILES string of the molecule is Cc1ccc(-c2noc(CN3N=N[C@@H]4C(=O)N(c5ccc(C)c(C)c5)C(=O)[C@H]43)n2)cc1. The average molecular weight is 416 g/mol. The van der Waals surface area contributed by atoms with Gasteiger partial charge in [0.05, 0.1) is 5.69 Å². The second kappa shape index (κ2) is 7.12. The molecule has 5 rings (SSSR count). The van der Waals surface area contributed by atoms with E-state index in [9.17, 15) is 9.59 Å². The number of aromatic nitrogens is 2. The highest BCUT2D eigenvalue weighted by Crippen LogP contribution is 2.33. The molecule has 2 atom stereocenters. The van der Waals surface area contributed by atoms with E-state index in [2.05, 4.69) is 20.5 Å². The molecule has 1 saturated heterocycles. The van der Waals surface area contributed by atoms with Crippen LogP contribution in [0.25, 0.3) is 11.4 Å². The quantitative estimate of drug-likeness (QED) is 0.605. The predicted octanol–water partition coefficient (Wildman–Crippen LogP) is 3.16. The van der Waals surface area contributed by atoms with Crippen molar-refractivity contribution in [3.8, 4) is 11.4 Å². The maximum absolute atomic E-state index is 13.1. The highest BCUT2D eigenvalue weighted by atomic mass is 16.5. The van der Waals surface area contributed by atoms with Gasteiger partial charge in [0.25, 0.3) is 11.8 Å². The highest BCUT2D eigenvalue weighted by Gasteiger charge is 2.55. The van der Waals surface area contributed by atoms with Gasteiger partial charge in [-0.1, -0.05) is 46.3 Å². The third kappa shape index (κ3) is 3.18. The summed E-state index contributed by atoms with van der Waals surface area (Å²) in [7, 11) is 0. The van der Waals surface area contributed by atoms with Crippen LogP contribution in [0.2, 0.25) is 0 Å². The molecular weight excluding hydrogens is 396 g/mol. The normalized spacial score (nSPS) is 20.1. The lowest BCUT2D eigenvalue weighted by Gasteiger charge is -2.19. The van der Waals surface area contributed by atoms with Crippen molar-refractivity contribution in [3.05, 3.63) is 65.0 Å². The summed E-state index contributed by atoms with van der Waals surface area (Å²) in [5, 5.41) is 13.5. The molecule has 31 heavy (non-hydrogen) atoms. The van der Waals surface area contributed by atoms with Gasteiger partial charge < -0.3 is 4.52 Å². The molecule has 0 spiro atoms. The zero-order chi connectivity index (χ0) is 21.7. The van der Waals surface area contributed by atoms with Crippen molar-refractivity contribution in [1.82, 2.24) is 15.1 Å². The summed E-state index contributed by atoms with van der Waals surface area (Å²) in [5.41, 5.74) is 4.60. The van der Waals surface area contributed by atoms with Gasteiger partial charge in [0.1, 0.15) is 6.54 Å². The molecule has 0 radical (unpaired) electrons. The minimum Gasteiger partial charge on any atom is -0.337 e. The summed E-state index contributed by atoms with van der Waals surface area (Å²) in [5.74, 6) is 0.00484. The number of benzene rings is 2. The molecule has 0 N–H and O–H groups in total. The van der Waals surface area contributed by atoms with Crippen LogP contribution in [0.5, 0.6) is 0 Å². The Hall–Kier alpha value is -3.88. The number of amides is 2. The number of carbonyl (C=O) groups excluding carboxylic acids is 2. The van der Waals surface area contributed by atoms with Gasteiger partial charge in [-0.15, -0.1) is 0 Å². The maximum atomic E-state index is 13.1. The Morgan fingerprint density at radius 1 is 0.968 bits per heavy atom. The average Bonchev–Trinajstić information content (AvgIpc) is 3.44. The second-order valence-electron chi connectivity index (χ2n) is 7.85. The number of hydrogen-bond donors (Lipinski definition) is 0. The fraction of sp³-hybridized carbons (Fsp3) is 0.273. The molecule has 0 unspecified atom stereocenters. The molecule has 2 aliphatic rings. The fourth-order valence-corrected chi connectivity index (χ4v) is 3.75. The third-order valence-corrected chi connectivity index (χ3v) is 5.68. The molecule has 0 saturated carbocycles. The van der Waals surface area contributed by atoms with E-state index in [1.54, 1.807) is 6.07 Å². The molecule has 9 heteroatoms. The Bertz CT molecular complexity index is 1220. The lowest BCUT2D eigenvalue weighted by Crippen LogP contribution is -2.39. The molecule has 2 aromatic carbocycles. The van der Waals surface area contributed by atoms with Crippen LogP contribution in [0.4, 0.5) is 5.69 Å². The molecule has 9 nitrogen and oxygen atoms in total. The number of aryl methyl sites for hydroxylation is 3. The first-order valence-electron chi connectivity index (χ1n) is 9.94. The van der Waals surface area contributed by atoms with Crippen LogP contribution in [-0.2, 0) is 16.1 Å². The molecule has 2 aliphatic heterocycles. The number of rotatable bonds is 4. The molecule has 2 amide bonds. The first-order valence-corrected chi connectivity index (χ1v) is 9.94. The van der Waals surface area contributed by atoms with Crippen LogP contribution in [-0.4, -0.2) is 39.0 Å². The molecule has 3 heterocycles. The largest absolute Gasteiger partial charge is 0.337 e. The molecule has 0 aliphatic carbocycles. The summed E-state index contributed by atoms with van der Waals surface area (Å²) in [6.45, 7) is 6.01. The van der Waals surface area contributed by atoms with Crippen molar-refractivity contribution in [1.29, 1.82) is 0 Å². The van der Waals surface area contributed by atoms with Gasteiger partial charge in [0, 0.05) is 5.56 Å². The molecular formula is C22H20N6O3. The third-order valence-electron chi connectivity index (χ3n) is 5.68. The molecule has 1 aromatic heterocycles. The number of imide groups is 1. The van der Waals surface area contributed by atoms with Gasteiger partial charge in [-0.25, -0.2) is 4.90 Å². The first kappa shape index (κ1) is 19.1. The molecule has 1 fully saturated rings. The van der Waals surface area contributed by atoms with Crippen LogP contribution < -0.4 is 4.90 Å². The lowest BCUT2D eigenvalue weighted by molar-refractivity contribution is -0.123. The van der Waals surface area contributed by atoms with Crippen LogP contribution in [0, 0.1) is 20.8 Å². The van der Waals surface area contributed by atoms with Crippen molar-refractivity contribution in [2.24, 2.45) is 10.3 Å². The Morgan fingerprint density at radius 3 is 2.48 bits per heavy atom. The Kier molecular flexibility index (Phi) is 4.39. The summed E-state index contributed by atoms with van der Waals surface area (Å²) in [6.07, 6.45) is 0. The van der Waals surface area contributed by atoms with Gasteiger partial charge in [0.15, 0.2) is 12.1 Å². The zero-order valence-electron chi connectivity index (χ0n) is 17.3. The summed E-state index contributed by atoms with van der Waals surface area (Å²) >= 11 is 0.